The summed E-state index contributed by atoms with van der Waals surface area (Å²) in [6.45, 7) is 13.5. The zero-order chi connectivity index (χ0) is 68.0. The Bertz CT molecular complexity index is 4650. The Morgan fingerprint density at radius 1 is 0.587 bits per heavy atom. The molecule has 0 atom stereocenters. The van der Waals surface area contributed by atoms with Gasteiger partial charge in [-0.15, -0.1) is 48.1 Å². The monoisotopic (exact) mass is 1180 g/mol. The van der Waals surface area contributed by atoms with Crippen molar-refractivity contribution in [2.45, 2.75) is 98.2 Å². The Morgan fingerprint density at radius 2 is 1.16 bits per heavy atom. The Morgan fingerprint density at radius 3 is 1.80 bits per heavy atom. The zero-order valence-electron chi connectivity index (χ0n) is 62.0. The molecule has 0 amide bonds. The number of hydrogen-bond donors (Lipinski definition) is 0. The molecule has 10 aromatic rings. The molecule has 1 aliphatic heterocycles. The van der Waals surface area contributed by atoms with E-state index in [1.165, 1.54) is 4.57 Å². The van der Waals surface area contributed by atoms with Gasteiger partial charge in [-0.3, -0.25) is 0 Å². The van der Waals surface area contributed by atoms with Crippen LogP contribution >= 0.6 is 0 Å². The molecule has 0 spiro atoms. The first-order valence-electron chi connectivity index (χ1n) is 33.9. The van der Waals surface area contributed by atoms with Crippen molar-refractivity contribution in [3.63, 3.8) is 0 Å². The van der Waals surface area contributed by atoms with Crippen LogP contribution < -0.4 is 14.5 Å². The van der Waals surface area contributed by atoms with Gasteiger partial charge in [-0.05, 0) is 103 Å². The Labute approximate surface area is 485 Å². The average molecular weight is 1180 g/mol. The molecule has 0 saturated carbocycles. The number of ether oxygens (including phenoxy) is 1. The number of benzene rings is 8. The minimum Gasteiger partial charge on any atom is -0.509 e. The molecule has 380 valence electrons. The molecule has 5 nitrogen and oxygen atoms in total. The van der Waals surface area contributed by atoms with Crippen LogP contribution in [0.3, 0.4) is 0 Å². The molecule has 0 radical (unpaired) electrons. The van der Waals surface area contributed by atoms with Crippen molar-refractivity contribution in [1.29, 1.82) is 0 Å². The Hall–Kier alpha value is -7.20. The molecule has 3 heterocycles. The smallest absolute Gasteiger partial charge is 0.135 e. The van der Waals surface area contributed by atoms with Crippen LogP contribution in [0.25, 0.3) is 61.0 Å². The molecule has 2 aromatic heterocycles. The first kappa shape index (κ1) is 33.0. The van der Waals surface area contributed by atoms with E-state index in [0.29, 0.717) is 44.6 Å². The molecule has 1 aliphatic rings. The standard InChI is InChI=1S/C69H65N4O.Pt/c1-45(2)57-42-65(70-43-60(57)47-25-16-13-17-26-47)73-61-30-19-18-29-55(61)56-34-33-54(41-64(56)73)74-53-28-22-27-52(40-53)71-44-72(63-32-21-20-31-62(63)71)66-58(46-23-14-12-15-24-46)38-51(69(9,10)11)39-59(66)48-35-49(67(3,4)5)37-50(36-48)68(6,7)8;/h12-39,42-45H,1-11H3;/q-3;/i1D3,2D3,12D,13D,14D,15D,16D,17D,23D,24D,25D,26D,42D,43D,45D;. The van der Waals surface area contributed by atoms with E-state index >= 15 is 0 Å². The van der Waals surface area contributed by atoms with Gasteiger partial charge >= 0.3 is 0 Å². The summed E-state index contributed by atoms with van der Waals surface area (Å²) in [4.78, 5) is 8.34. The molecule has 0 aliphatic carbocycles. The summed E-state index contributed by atoms with van der Waals surface area (Å²) in [7, 11) is 0. The molecule has 8 aromatic carbocycles. The van der Waals surface area contributed by atoms with Crippen LogP contribution in [0.5, 0.6) is 11.5 Å². The maximum absolute atomic E-state index is 9.84. The van der Waals surface area contributed by atoms with E-state index < -0.39 is 108 Å². The maximum Gasteiger partial charge on any atom is 0.135 e. The van der Waals surface area contributed by atoms with E-state index in [4.69, 9.17) is 23.9 Å². The van der Waals surface area contributed by atoms with Crippen LogP contribution in [-0.2, 0) is 37.3 Å². The third kappa shape index (κ3) is 9.84. The summed E-state index contributed by atoms with van der Waals surface area (Å²) in [5, 5.41) is 1.04. The molecule has 6 heteroatoms. The maximum atomic E-state index is 9.84. The molecule has 0 saturated heterocycles. The van der Waals surface area contributed by atoms with Crippen LogP contribution in [0.1, 0.15) is 130 Å². The zero-order valence-corrected chi connectivity index (χ0v) is 45.3. The SMILES string of the molecule is [2H]c1nc(-n2c3[c-]c(Oc4[c-]c(N5[CH-]N(c6c(-c7cc(C(C)(C)C)cc(C(C)(C)C)c7)cc(C(C)(C)C)cc6-c6c([2H])c([2H])c([2H])c([2H])c6[2H])c6ccccc65)ccc4)ccc3c3ccccc32)c([2H])c(C([2H])(C([2H])([2H])[2H])C([2H])([2H])[2H])c1-c1c([2H])c([2H])c([2H])c([2H])c1[2H].[Pt]. The Kier molecular flexibility index (Phi) is 8.71. The summed E-state index contributed by atoms with van der Waals surface area (Å²) < 4.78 is 176. The van der Waals surface area contributed by atoms with Crippen LogP contribution in [0.15, 0.2) is 182 Å². The fourth-order valence-electron chi connectivity index (χ4n) is 9.38. The van der Waals surface area contributed by atoms with E-state index in [0.717, 1.165) is 27.8 Å². The number of aromatic nitrogens is 2. The van der Waals surface area contributed by atoms with Crippen molar-refractivity contribution in [3.8, 4) is 50.7 Å². The largest absolute Gasteiger partial charge is 0.509 e. The van der Waals surface area contributed by atoms with E-state index in [-0.39, 0.29) is 66.6 Å². The average Bonchev–Trinajstić information content (AvgIpc) is 1.07. The number of para-hydroxylation sites is 3. The molecule has 0 bridgehead atoms. The molecule has 0 fully saturated rings. The molecule has 75 heavy (non-hydrogen) atoms. The summed E-state index contributed by atoms with van der Waals surface area (Å²) in [6, 6.07) is 32.7. The van der Waals surface area contributed by atoms with Crippen LogP contribution in [0.4, 0.5) is 22.7 Å². The van der Waals surface area contributed by atoms with Crippen LogP contribution in [0, 0.1) is 18.8 Å². The van der Waals surface area contributed by atoms with Gasteiger partial charge in [0.15, 0.2) is 0 Å². The molecule has 0 N–H and O–H groups in total. The van der Waals surface area contributed by atoms with Crippen molar-refractivity contribution < 1.29 is 51.8 Å². The quantitative estimate of drug-likeness (QED) is 0.135. The van der Waals surface area contributed by atoms with Gasteiger partial charge in [-0.25, -0.2) is 4.98 Å². The van der Waals surface area contributed by atoms with Crippen LogP contribution in [-0.4, -0.2) is 9.55 Å². The normalized spacial score (nSPS) is 17.0. The van der Waals surface area contributed by atoms with Crippen molar-refractivity contribution in [2.75, 3.05) is 9.80 Å². The molecular formula is C69H65N4OPt-3. The van der Waals surface area contributed by atoms with Gasteiger partial charge in [-0.2, -0.15) is 12.1 Å². The van der Waals surface area contributed by atoms with Gasteiger partial charge in [0.25, 0.3) is 0 Å². The molecule has 11 rings (SSSR count). The molecular weight excluding hydrogens is 1100 g/mol. The van der Waals surface area contributed by atoms with Gasteiger partial charge in [0.2, 0.25) is 0 Å². The summed E-state index contributed by atoms with van der Waals surface area (Å²) in [6.07, 6.45) is -0.976. The number of pyridine rings is 1. The predicted octanol–water partition coefficient (Wildman–Crippen LogP) is 19.0. The minimum absolute atomic E-state index is 0. The topological polar surface area (TPSA) is 33.5 Å². The number of rotatable bonds is 9. The van der Waals surface area contributed by atoms with Gasteiger partial charge in [0, 0.05) is 87.6 Å². The fraction of sp³-hybridized carbons (Fsp3) is 0.217. The molecule has 0 unspecified atom stereocenters. The van der Waals surface area contributed by atoms with Crippen LogP contribution in [0.2, 0.25) is 0 Å². The van der Waals surface area contributed by atoms with Crippen molar-refractivity contribution in [2.24, 2.45) is 0 Å². The minimum atomic E-state index is -3.78. The second-order valence-electron chi connectivity index (χ2n) is 21.6. The first-order chi connectivity index (χ1) is 43.2. The van der Waals surface area contributed by atoms with Gasteiger partial charge in [-0.1, -0.05) is 190 Å². The third-order valence-corrected chi connectivity index (χ3v) is 13.4. The third-order valence-electron chi connectivity index (χ3n) is 13.4. The number of hydrogen-bond acceptors (Lipinski definition) is 4. The fourth-order valence-corrected chi connectivity index (χ4v) is 9.38. The van der Waals surface area contributed by atoms with Crippen molar-refractivity contribution in [3.05, 3.63) is 223 Å². The van der Waals surface area contributed by atoms with Crippen molar-refractivity contribution in [1.82, 2.24) is 9.55 Å². The second-order valence-corrected chi connectivity index (χ2v) is 21.6. The number of anilines is 4. The summed E-state index contributed by atoms with van der Waals surface area (Å²) >= 11 is 0. The summed E-state index contributed by atoms with van der Waals surface area (Å²) in [5.74, 6) is -4.00. The number of nitrogens with zero attached hydrogens (tertiary/aromatic N) is 4. The number of fused-ring (bicyclic) bond motifs is 4. The second kappa shape index (κ2) is 19.8. The van der Waals surface area contributed by atoms with E-state index in [9.17, 15) is 6.85 Å². The van der Waals surface area contributed by atoms with E-state index in [1.54, 1.807) is 48.5 Å². The van der Waals surface area contributed by atoms with Gasteiger partial charge in [0.1, 0.15) is 5.82 Å². The predicted molar refractivity (Wildman–Crippen MR) is 311 cm³/mol. The van der Waals surface area contributed by atoms with Gasteiger partial charge < -0.3 is 19.1 Å². The van der Waals surface area contributed by atoms with Crippen molar-refractivity contribution >= 4 is 44.6 Å². The first-order valence-corrected chi connectivity index (χ1v) is 24.4. The van der Waals surface area contributed by atoms with E-state index in [1.807, 2.05) is 52.9 Å². The van der Waals surface area contributed by atoms with Gasteiger partial charge in [0.05, 0.1) is 16.4 Å². The Balaban J connectivity index is 0.00000964. The van der Waals surface area contributed by atoms with E-state index in [2.05, 4.69) is 104 Å². The summed E-state index contributed by atoms with van der Waals surface area (Å²) in [5.41, 5.74) is 4.04.